The summed E-state index contributed by atoms with van der Waals surface area (Å²) < 4.78 is 2.11. The van der Waals surface area contributed by atoms with Crippen molar-refractivity contribution in [2.75, 3.05) is 5.75 Å². The van der Waals surface area contributed by atoms with Gasteiger partial charge in [0.05, 0.1) is 11.8 Å². The van der Waals surface area contributed by atoms with Crippen molar-refractivity contribution in [3.8, 4) is 11.4 Å². The average molecular weight is 463 g/mol. The Labute approximate surface area is 196 Å². The highest BCUT2D eigenvalue weighted by atomic mass is 32.2. The van der Waals surface area contributed by atoms with Crippen molar-refractivity contribution in [1.82, 2.24) is 20.1 Å². The van der Waals surface area contributed by atoms with Gasteiger partial charge in [-0.15, -0.1) is 21.5 Å². The molecule has 0 aliphatic carbocycles. The Bertz CT molecular complexity index is 1160. The van der Waals surface area contributed by atoms with Crippen molar-refractivity contribution in [3.05, 3.63) is 88.1 Å². The molecule has 0 unspecified atom stereocenters. The molecule has 0 aliphatic heterocycles. The van der Waals surface area contributed by atoms with Gasteiger partial charge >= 0.3 is 0 Å². The van der Waals surface area contributed by atoms with Crippen molar-refractivity contribution in [2.24, 2.45) is 0 Å². The van der Waals surface area contributed by atoms with Crippen LogP contribution in [0.1, 0.15) is 35.4 Å². The number of amides is 1. The molecule has 2 heterocycles. The molecule has 164 valence electrons. The topological polar surface area (TPSA) is 59.8 Å². The quantitative estimate of drug-likeness (QED) is 0.323. The second-order valence-electron chi connectivity index (χ2n) is 7.54. The standard InChI is InChI=1S/C25H26N4OS2/c1-3-14-29-24(20-12-7-9-18(2)16-20)27-28-25(29)32-17-22(30)26-23(21-13-8-15-31-21)19-10-5-4-6-11-19/h4-13,15-16,23H,3,14,17H2,1-2H3,(H,26,30)/t23-/m1/s1. The van der Waals surface area contributed by atoms with E-state index in [2.05, 4.69) is 58.2 Å². The van der Waals surface area contributed by atoms with Crippen LogP contribution in [0, 0.1) is 6.92 Å². The molecule has 0 spiro atoms. The highest BCUT2D eigenvalue weighted by molar-refractivity contribution is 7.99. The lowest BCUT2D eigenvalue weighted by Gasteiger charge is -2.18. The van der Waals surface area contributed by atoms with Crippen LogP contribution in [0.15, 0.2) is 77.3 Å². The monoisotopic (exact) mass is 462 g/mol. The van der Waals surface area contributed by atoms with Crippen molar-refractivity contribution >= 4 is 29.0 Å². The van der Waals surface area contributed by atoms with E-state index >= 15 is 0 Å². The first-order chi connectivity index (χ1) is 15.7. The summed E-state index contributed by atoms with van der Waals surface area (Å²) in [7, 11) is 0. The molecule has 0 radical (unpaired) electrons. The number of rotatable bonds is 9. The van der Waals surface area contributed by atoms with Crippen LogP contribution >= 0.6 is 23.1 Å². The van der Waals surface area contributed by atoms with Crippen LogP contribution in [0.2, 0.25) is 0 Å². The largest absolute Gasteiger partial charge is 0.344 e. The van der Waals surface area contributed by atoms with E-state index in [9.17, 15) is 4.79 Å². The third-order valence-corrected chi connectivity index (χ3v) is 6.94. The maximum atomic E-state index is 12.9. The minimum atomic E-state index is -0.152. The highest BCUT2D eigenvalue weighted by Gasteiger charge is 2.19. The molecule has 0 fully saturated rings. The van der Waals surface area contributed by atoms with Gasteiger partial charge in [-0.05, 0) is 36.4 Å². The molecule has 7 heteroatoms. The Balaban J connectivity index is 1.49. The summed E-state index contributed by atoms with van der Waals surface area (Å²) in [5, 5.41) is 14.8. The van der Waals surface area contributed by atoms with Gasteiger partial charge in [-0.2, -0.15) is 0 Å². The Kier molecular flexibility index (Phi) is 7.39. The average Bonchev–Trinajstić information content (AvgIpc) is 3.47. The van der Waals surface area contributed by atoms with Crippen molar-refractivity contribution in [3.63, 3.8) is 0 Å². The summed E-state index contributed by atoms with van der Waals surface area (Å²) in [4.78, 5) is 14.0. The number of nitrogens with zero attached hydrogens (tertiary/aromatic N) is 3. The summed E-state index contributed by atoms with van der Waals surface area (Å²) in [6.45, 7) is 5.01. The van der Waals surface area contributed by atoms with Gasteiger partial charge in [-0.25, -0.2) is 0 Å². The molecule has 4 aromatic rings. The molecule has 32 heavy (non-hydrogen) atoms. The van der Waals surface area contributed by atoms with E-state index in [0.29, 0.717) is 0 Å². The maximum Gasteiger partial charge on any atom is 0.231 e. The van der Waals surface area contributed by atoms with Gasteiger partial charge in [0, 0.05) is 17.0 Å². The normalized spacial score (nSPS) is 11.9. The Morgan fingerprint density at radius 1 is 1.09 bits per heavy atom. The first-order valence-electron chi connectivity index (χ1n) is 10.7. The van der Waals surface area contributed by atoms with E-state index in [1.807, 2.05) is 47.8 Å². The highest BCUT2D eigenvalue weighted by Crippen LogP contribution is 2.28. The minimum absolute atomic E-state index is 0.0274. The summed E-state index contributed by atoms with van der Waals surface area (Å²) in [5.41, 5.74) is 3.30. The zero-order chi connectivity index (χ0) is 22.3. The lowest BCUT2D eigenvalue weighted by molar-refractivity contribution is -0.119. The number of nitrogens with one attached hydrogen (secondary N) is 1. The van der Waals surface area contributed by atoms with Gasteiger partial charge in [0.25, 0.3) is 0 Å². The second kappa shape index (κ2) is 10.6. The van der Waals surface area contributed by atoms with E-state index in [4.69, 9.17) is 0 Å². The summed E-state index contributed by atoms with van der Waals surface area (Å²) in [6.07, 6.45) is 0.963. The number of carbonyl (C=O) groups excluding carboxylic acids is 1. The second-order valence-corrected chi connectivity index (χ2v) is 9.46. The van der Waals surface area contributed by atoms with Gasteiger partial charge in [-0.1, -0.05) is 78.8 Å². The van der Waals surface area contributed by atoms with Crippen LogP contribution in [0.3, 0.4) is 0 Å². The van der Waals surface area contributed by atoms with Crippen LogP contribution in [0.5, 0.6) is 0 Å². The molecule has 1 amide bonds. The predicted molar refractivity (Wildman–Crippen MR) is 132 cm³/mol. The van der Waals surface area contributed by atoms with Crippen molar-refractivity contribution < 1.29 is 4.79 Å². The smallest absolute Gasteiger partial charge is 0.231 e. The molecular formula is C25H26N4OS2. The van der Waals surface area contributed by atoms with E-state index < -0.39 is 0 Å². The van der Waals surface area contributed by atoms with Gasteiger partial charge in [0.15, 0.2) is 11.0 Å². The third kappa shape index (κ3) is 5.29. The van der Waals surface area contributed by atoms with Crippen LogP contribution in [0.4, 0.5) is 0 Å². The molecule has 1 atom stereocenters. The van der Waals surface area contributed by atoms with Gasteiger partial charge in [0.1, 0.15) is 0 Å². The molecule has 2 aromatic carbocycles. The Morgan fingerprint density at radius 2 is 1.94 bits per heavy atom. The number of benzene rings is 2. The zero-order valence-electron chi connectivity index (χ0n) is 18.2. The third-order valence-electron chi connectivity index (χ3n) is 5.04. The van der Waals surface area contributed by atoms with E-state index in [0.717, 1.165) is 40.0 Å². The summed E-state index contributed by atoms with van der Waals surface area (Å²) in [6, 6.07) is 22.3. The number of thioether (sulfide) groups is 1. The van der Waals surface area contributed by atoms with E-state index in [1.54, 1.807) is 11.3 Å². The predicted octanol–water partition coefficient (Wildman–Crippen LogP) is 5.72. The number of thiophene rings is 1. The Morgan fingerprint density at radius 3 is 2.66 bits per heavy atom. The fraction of sp³-hybridized carbons (Fsp3) is 0.240. The van der Waals surface area contributed by atoms with Gasteiger partial charge < -0.3 is 9.88 Å². The molecule has 0 bridgehead atoms. The van der Waals surface area contributed by atoms with E-state index in [-0.39, 0.29) is 17.7 Å². The molecule has 1 N–H and O–H groups in total. The summed E-state index contributed by atoms with van der Waals surface area (Å²) in [5.74, 6) is 1.10. The number of aryl methyl sites for hydroxylation is 1. The van der Waals surface area contributed by atoms with Crippen LogP contribution in [0.25, 0.3) is 11.4 Å². The van der Waals surface area contributed by atoms with Crippen molar-refractivity contribution in [1.29, 1.82) is 0 Å². The number of hydrogen-bond donors (Lipinski definition) is 1. The SMILES string of the molecule is CCCn1c(SCC(=O)N[C@H](c2ccccc2)c2cccs2)nnc1-c1cccc(C)c1. The molecule has 0 saturated heterocycles. The number of hydrogen-bond acceptors (Lipinski definition) is 5. The van der Waals surface area contributed by atoms with Gasteiger partial charge in [-0.3, -0.25) is 4.79 Å². The first kappa shape index (κ1) is 22.3. The molecule has 2 aromatic heterocycles. The molecule has 0 aliphatic rings. The minimum Gasteiger partial charge on any atom is -0.344 e. The lowest BCUT2D eigenvalue weighted by Crippen LogP contribution is -2.30. The fourth-order valence-electron chi connectivity index (χ4n) is 3.57. The first-order valence-corrected chi connectivity index (χ1v) is 12.5. The molecule has 5 nitrogen and oxygen atoms in total. The van der Waals surface area contributed by atoms with Crippen molar-refractivity contribution in [2.45, 2.75) is 38.0 Å². The maximum absolute atomic E-state index is 12.9. The van der Waals surface area contributed by atoms with Crippen LogP contribution < -0.4 is 5.32 Å². The molecule has 0 saturated carbocycles. The fourth-order valence-corrected chi connectivity index (χ4v) is 5.15. The molecular weight excluding hydrogens is 436 g/mol. The van der Waals surface area contributed by atoms with E-state index in [1.165, 1.54) is 17.3 Å². The number of carbonyl (C=O) groups is 1. The van der Waals surface area contributed by atoms with Crippen LogP contribution in [-0.2, 0) is 11.3 Å². The molecule has 4 rings (SSSR count). The Hall–Kier alpha value is -2.90. The lowest BCUT2D eigenvalue weighted by atomic mass is 10.1. The van der Waals surface area contributed by atoms with Crippen LogP contribution in [-0.4, -0.2) is 26.4 Å². The van der Waals surface area contributed by atoms with Gasteiger partial charge in [0.2, 0.25) is 5.91 Å². The number of aromatic nitrogens is 3. The summed E-state index contributed by atoms with van der Waals surface area (Å²) >= 11 is 3.08. The zero-order valence-corrected chi connectivity index (χ0v) is 19.8.